The zero-order chi connectivity index (χ0) is 43.8. The molecule has 4 bridgehead atoms. The third kappa shape index (κ3) is 7.25. The molecule has 1 aromatic carbocycles. The van der Waals surface area contributed by atoms with Gasteiger partial charge < -0.3 is 19.7 Å². The highest BCUT2D eigenvalue weighted by atomic mass is 19.3. The molecule has 3 amide bonds. The lowest BCUT2D eigenvalue weighted by atomic mass is 9.85. The maximum absolute atomic E-state index is 14.3. The Morgan fingerprint density at radius 3 is 2.66 bits per heavy atom. The quantitative estimate of drug-likeness (QED) is 0.153. The molecular weight excluding hydrogens is 829 g/mol. The van der Waals surface area contributed by atoms with Crippen LogP contribution in [-0.2, 0) is 26.1 Å². The zero-order valence-corrected chi connectivity index (χ0v) is 35.4. The highest BCUT2D eigenvalue weighted by molar-refractivity contribution is 6.08. The summed E-state index contributed by atoms with van der Waals surface area (Å²) >= 11 is 0. The first-order chi connectivity index (χ1) is 31.1. The summed E-state index contributed by atoms with van der Waals surface area (Å²) in [5.74, 6) is 6.62. The van der Waals surface area contributed by atoms with Gasteiger partial charge in [0.25, 0.3) is 12.3 Å². The average Bonchev–Trinajstić information content (AvgIpc) is 4.17. The van der Waals surface area contributed by atoms with E-state index < -0.39 is 30.0 Å². The molecule has 4 unspecified atom stereocenters. The van der Waals surface area contributed by atoms with Crippen molar-refractivity contribution in [3.05, 3.63) is 70.2 Å². The highest BCUT2D eigenvalue weighted by Crippen LogP contribution is 2.42. The van der Waals surface area contributed by atoms with E-state index in [0.717, 1.165) is 70.4 Å². The van der Waals surface area contributed by atoms with Crippen LogP contribution in [0.3, 0.4) is 0 Å². The molecule has 2 aliphatic carbocycles. The number of morpholine rings is 1. The van der Waals surface area contributed by atoms with Crippen LogP contribution in [-0.4, -0.2) is 113 Å². The van der Waals surface area contributed by atoms with Gasteiger partial charge in [0, 0.05) is 51.5 Å². The molecule has 19 heteroatoms. The molecular formula is C45H49F2N11O6. The number of benzene rings is 1. The molecule has 11 rings (SSSR count). The van der Waals surface area contributed by atoms with Crippen LogP contribution in [0.1, 0.15) is 97.9 Å². The van der Waals surface area contributed by atoms with Crippen molar-refractivity contribution in [2.75, 3.05) is 43.1 Å². The maximum atomic E-state index is 14.3. The van der Waals surface area contributed by atoms with Crippen LogP contribution in [0.4, 0.5) is 20.3 Å². The molecule has 6 atom stereocenters. The van der Waals surface area contributed by atoms with Crippen molar-refractivity contribution in [3.63, 3.8) is 0 Å². The number of nitrogens with zero attached hydrogens (tertiary/aromatic N) is 9. The number of anilines is 2. The summed E-state index contributed by atoms with van der Waals surface area (Å²) in [6.07, 6.45) is 9.09. The largest absolute Gasteiger partial charge is 0.374 e. The molecule has 0 spiro atoms. The van der Waals surface area contributed by atoms with E-state index in [1.54, 1.807) is 30.2 Å². The minimum absolute atomic E-state index is 0.00601. The number of piperidine rings is 2. The number of fused-ring (bicyclic) bond motifs is 6. The minimum atomic E-state index is -2.86. The lowest BCUT2D eigenvalue weighted by Crippen LogP contribution is -2.44. The molecule has 8 heterocycles. The number of hydrogen-bond acceptors (Lipinski definition) is 11. The normalized spacial score (nSPS) is 27.8. The van der Waals surface area contributed by atoms with Crippen LogP contribution < -0.4 is 21.2 Å². The molecule has 0 radical (unpaired) electrons. The highest BCUT2D eigenvalue weighted by Gasteiger charge is 2.46. The van der Waals surface area contributed by atoms with Gasteiger partial charge in [-0.25, -0.2) is 23.1 Å². The number of amides is 3. The van der Waals surface area contributed by atoms with E-state index in [9.17, 15) is 28.0 Å². The van der Waals surface area contributed by atoms with E-state index in [2.05, 4.69) is 42.5 Å². The van der Waals surface area contributed by atoms with Gasteiger partial charge >= 0.3 is 5.69 Å². The predicted octanol–water partition coefficient (Wildman–Crippen LogP) is 3.99. The number of carbonyl (C=O) groups is 3. The topological polar surface area (TPSA) is 175 Å². The first-order valence-electron chi connectivity index (χ1n) is 22.4. The van der Waals surface area contributed by atoms with Crippen molar-refractivity contribution in [2.24, 2.45) is 18.9 Å². The summed E-state index contributed by atoms with van der Waals surface area (Å²) < 4.78 is 46.8. The van der Waals surface area contributed by atoms with E-state index in [-0.39, 0.29) is 66.6 Å². The summed E-state index contributed by atoms with van der Waals surface area (Å²) in [4.78, 5) is 60.7. The lowest BCUT2D eigenvalue weighted by molar-refractivity contribution is -0.135. The first-order valence-corrected chi connectivity index (χ1v) is 22.4. The monoisotopic (exact) mass is 877 g/mol. The summed E-state index contributed by atoms with van der Waals surface area (Å²) in [7, 11) is 1.66. The van der Waals surface area contributed by atoms with Crippen LogP contribution in [0.15, 0.2) is 47.7 Å². The number of nitrogens with one attached hydrogen (secondary N) is 2. The van der Waals surface area contributed by atoms with E-state index in [0.29, 0.717) is 46.7 Å². The molecule has 5 aromatic rings. The number of ether oxygens (including phenoxy) is 2. The van der Waals surface area contributed by atoms with E-state index in [4.69, 9.17) is 14.5 Å². The number of carbonyl (C=O) groups excluding carboxylic acids is 3. The summed E-state index contributed by atoms with van der Waals surface area (Å²) in [6, 6.07) is 7.21. The Kier molecular flexibility index (Phi) is 10.3. The van der Waals surface area contributed by atoms with Gasteiger partial charge in [0.2, 0.25) is 11.8 Å². The van der Waals surface area contributed by atoms with E-state index >= 15 is 0 Å². The Morgan fingerprint density at radius 1 is 1.05 bits per heavy atom. The minimum Gasteiger partial charge on any atom is -0.374 e. The number of aromatic nitrogens is 7. The number of imidazole rings is 1. The van der Waals surface area contributed by atoms with Gasteiger partial charge in [-0.1, -0.05) is 17.9 Å². The van der Waals surface area contributed by atoms with Gasteiger partial charge in [-0.15, -0.1) is 0 Å². The SMILES string of the molecule is Cn1c(=O)n(C2CCC(=O)NC2=O)c2cccc(C#CCOC3CC4CC3CN4CC3CCC(n4cc(NC(=O)c5cnn6ccc(N7C[C@H]8C[C@@H]7CO8)nc56)c(C(F)F)n4)CC3)c21. The molecule has 4 saturated heterocycles. The van der Waals surface area contributed by atoms with Crippen LogP contribution in [0.5, 0.6) is 0 Å². The maximum Gasteiger partial charge on any atom is 0.329 e. The number of alkyl halides is 2. The standard InChI is InChI=1S/C45H49F2N11O6/c1-53-40-26(4-2-6-34(40)58(45(53)62)35-11-12-38(59)51-44(35)61)5-3-15-63-36-18-29-16-27(36)21-54(29)20-25-7-9-28(10-8-25)57-23-33(39(52-57)41(46)47)49-43(60)32-19-48-56-14-13-37(50-42(32)56)55-22-31-17-30(55)24-64-31/h2,4,6,13-14,19,23,25,27-31,35-36,41H,7-12,15-18,20-22,24H2,1H3,(H,49,60)(H,51,59,61)/t25?,27?,28?,29?,30-,31-,35?,36?/m1/s1. The Bertz CT molecular complexity index is 2800. The summed E-state index contributed by atoms with van der Waals surface area (Å²) in [5, 5.41) is 13.6. The molecule has 6 fully saturated rings. The van der Waals surface area contributed by atoms with Gasteiger partial charge in [-0.2, -0.15) is 10.2 Å². The number of imide groups is 1. The predicted molar refractivity (Wildman–Crippen MR) is 228 cm³/mol. The smallest absolute Gasteiger partial charge is 0.329 e. The average molecular weight is 878 g/mol. The van der Waals surface area contributed by atoms with Crippen LogP contribution in [0.2, 0.25) is 0 Å². The molecule has 4 aromatic heterocycles. The van der Waals surface area contributed by atoms with Gasteiger partial charge in [0.1, 0.15) is 24.0 Å². The van der Waals surface area contributed by atoms with Crippen molar-refractivity contribution in [3.8, 4) is 11.8 Å². The fraction of sp³-hybridized carbons (Fsp3) is 0.533. The first kappa shape index (κ1) is 40.8. The number of halogens is 2. The Morgan fingerprint density at radius 2 is 1.91 bits per heavy atom. The van der Waals surface area contributed by atoms with Crippen molar-refractivity contribution in [1.29, 1.82) is 0 Å². The molecule has 17 nitrogen and oxygen atoms in total. The van der Waals surface area contributed by atoms with Crippen LogP contribution >= 0.6 is 0 Å². The van der Waals surface area contributed by atoms with E-state index in [1.807, 2.05) is 18.2 Å². The van der Waals surface area contributed by atoms with E-state index in [1.165, 1.54) is 19.8 Å². The number of likely N-dealkylation sites (tertiary alicyclic amines) is 1. The fourth-order valence-corrected chi connectivity index (χ4v) is 11.3. The second-order valence-corrected chi connectivity index (χ2v) is 18.3. The van der Waals surface area contributed by atoms with Crippen molar-refractivity contribution < 1.29 is 32.6 Å². The van der Waals surface area contributed by atoms with Gasteiger partial charge in [0.15, 0.2) is 11.3 Å². The Labute approximate surface area is 366 Å². The number of para-hydroxylation sites is 1. The molecule has 6 aliphatic rings. The summed E-state index contributed by atoms with van der Waals surface area (Å²) in [6.45, 7) is 3.60. The molecule has 4 aliphatic heterocycles. The molecule has 334 valence electrons. The van der Waals surface area contributed by atoms with Crippen molar-refractivity contribution >= 4 is 45.9 Å². The second kappa shape index (κ2) is 16.2. The molecule has 64 heavy (non-hydrogen) atoms. The second-order valence-electron chi connectivity index (χ2n) is 18.3. The van der Waals surface area contributed by atoms with Gasteiger partial charge in [-0.05, 0) is 81.4 Å². The molecule has 2 N–H and O–H groups in total. The van der Waals surface area contributed by atoms with Gasteiger partial charge in [-0.3, -0.25) is 38.4 Å². The molecule has 2 saturated carbocycles. The van der Waals surface area contributed by atoms with Crippen LogP contribution in [0, 0.1) is 23.7 Å². The van der Waals surface area contributed by atoms with Crippen molar-refractivity contribution in [1.82, 2.24) is 43.7 Å². The fourth-order valence-electron chi connectivity index (χ4n) is 11.3. The third-order valence-corrected chi connectivity index (χ3v) is 14.5. The third-order valence-electron chi connectivity index (χ3n) is 14.5. The zero-order valence-electron chi connectivity index (χ0n) is 35.4. The Balaban J connectivity index is 0.673. The van der Waals surface area contributed by atoms with Crippen molar-refractivity contribution in [2.45, 2.75) is 101 Å². The lowest BCUT2D eigenvalue weighted by Gasteiger charge is -2.36. The van der Waals surface area contributed by atoms with Gasteiger partial charge in [0.05, 0.1) is 59.4 Å². The number of aryl methyl sites for hydroxylation is 1. The Hall–Kier alpha value is -5.97. The van der Waals surface area contributed by atoms with Crippen LogP contribution in [0.25, 0.3) is 16.7 Å². The summed E-state index contributed by atoms with van der Waals surface area (Å²) in [5.41, 5.74) is 1.66. The number of rotatable bonds is 10. The number of hydrogen-bond donors (Lipinski definition) is 2.